The van der Waals surface area contributed by atoms with Gasteiger partial charge in [0.15, 0.2) is 5.78 Å². The normalized spacial score (nSPS) is 54.0. The summed E-state index contributed by atoms with van der Waals surface area (Å²) in [7, 11) is 0. The number of hydrogen-bond acceptors (Lipinski definition) is 4. The molecular formula is C32H48O4. The molecule has 4 heteroatoms. The van der Waals surface area contributed by atoms with Crippen molar-refractivity contribution >= 4 is 11.8 Å². The SMILES string of the molecule is CC(=O)OC1CCC2(C)C3C4OC4C4(C)C(=CC(=O)C5(C)CCC(C)(C)CC54)C3(C)CCC2C1(C)C. The fourth-order valence-electron chi connectivity index (χ4n) is 11.4. The lowest BCUT2D eigenvalue weighted by molar-refractivity contribution is -0.195. The number of ketones is 1. The average Bonchev–Trinajstić information content (AvgIpc) is 3.54. The van der Waals surface area contributed by atoms with Crippen LogP contribution in [0.5, 0.6) is 0 Å². The summed E-state index contributed by atoms with van der Waals surface area (Å²) in [4.78, 5) is 25.8. The van der Waals surface area contributed by atoms with Crippen molar-refractivity contribution in [1.29, 1.82) is 0 Å². The van der Waals surface area contributed by atoms with Crippen LogP contribution in [0.2, 0.25) is 0 Å². The quantitative estimate of drug-likeness (QED) is 0.292. The van der Waals surface area contributed by atoms with Gasteiger partial charge in [0, 0.05) is 29.1 Å². The number of fused-ring (bicyclic) bond motifs is 10. The molecule has 0 N–H and O–H groups in total. The Bertz CT molecular complexity index is 1050. The molecule has 10 unspecified atom stereocenters. The number of carbonyl (C=O) groups is 2. The Kier molecular flexibility index (Phi) is 4.94. The number of esters is 1. The van der Waals surface area contributed by atoms with Crippen LogP contribution in [0.3, 0.4) is 0 Å². The van der Waals surface area contributed by atoms with Crippen LogP contribution < -0.4 is 0 Å². The Morgan fingerprint density at radius 2 is 1.61 bits per heavy atom. The maximum atomic E-state index is 13.9. The van der Waals surface area contributed by atoms with Crippen LogP contribution >= 0.6 is 0 Å². The van der Waals surface area contributed by atoms with Gasteiger partial charge in [-0.1, -0.05) is 61.0 Å². The van der Waals surface area contributed by atoms with E-state index >= 15 is 0 Å². The lowest BCUT2D eigenvalue weighted by atomic mass is 9.34. The molecule has 0 radical (unpaired) electrons. The van der Waals surface area contributed by atoms with Crippen LogP contribution in [0.4, 0.5) is 0 Å². The largest absolute Gasteiger partial charge is 0.462 e. The van der Waals surface area contributed by atoms with Crippen LogP contribution in [0.15, 0.2) is 11.6 Å². The third-order valence-corrected chi connectivity index (χ3v) is 13.2. The van der Waals surface area contributed by atoms with Crippen LogP contribution in [0.25, 0.3) is 0 Å². The van der Waals surface area contributed by atoms with Crippen molar-refractivity contribution in [3.8, 4) is 0 Å². The minimum atomic E-state index is -0.265. The van der Waals surface area contributed by atoms with Crippen LogP contribution in [0, 0.1) is 50.2 Å². The number of rotatable bonds is 1. The molecule has 1 saturated heterocycles. The van der Waals surface area contributed by atoms with E-state index in [-0.39, 0.29) is 56.8 Å². The molecule has 36 heavy (non-hydrogen) atoms. The fourth-order valence-corrected chi connectivity index (χ4v) is 11.4. The van der Waals surface area contributed by atoms with Gasteiger partial charge in [0.05, 0.1) is 12.2 Å². The first kappa shape index (κ1) is 25.1. The van der Waals surface area contributed by atoms with Crippen LogP contribution in [-0.4, -0.2) is 30.1 Å². The molecule has 0 spiro atoms. The highest BCUT2D eigenvalue weighted by molar-refractivity contribution is 5.97. The van der Waals surface area contributed by atoms with Gasteiger partial charge in [-0.3, -0.25) is 9.59 Å². The monoisotopic (exact) mass is 496 g/mol. The summed E-state index contributed by atoms with van der Waals surface area (Å²) in [6.07, 6.45) is 9.99. The molecule has 6 rings (SSSR count). The molecular weight excluding hydrogens is 448 g/mol. The predicted octanol–water partition coefficient (Wildman–Crippen LogP) is 6.91. The fraction of sp³-hybridized carbons (Fsp3) is 0.875. The van der Waals surface area contributed by atoms with Gasteiger partial charge in [-0.25, -0.2) is 0 Å². The van der Waals surface area contributed by atoms with E-state index < -0.39 is 0 Å². The van der Waals surface area contributed by atoms with Crippen LogP contribution in [-0.2, 0) is 19.1 Å². The van der Waals surface area contributed by atoms with E-state index in [0.29, 0.717) is 23.5 Å². The number of allylic oxidation sites excluding steroid dienone is 1. The summed E-state index contributed by atoms with van der Waals surface area (Å²) in [6.45, 7) is 20.7. The molecule has 5 fully saturated rings. The van der Waals surface area contributed by atoms with Crippen molar-refractivity contribution in [3.63, 3.8) is 0 Å². The van der Waals surface area contributed by atoms with Gasteiger partial charge in [-0.05, 0) is 79.1 Å². The molecule has 0 amide bonds. The number of ether oxygens (including phenoxy) is 2. The summed E-state index contributed by atoms with van der Waals surface area (Å²) >= 11 is 0. The van der Waals surface area contributed by atoms with E-state index in [9.17, 15) is 9.59 Å². The molecule has 0 bridgehead atoms. The summed E-state index contributed by atoms with van der Waals surface area (Å²) < 4.78 is 12.7. The van der Waals surface area contributed by atoms with Crippen molar-refractivity contribution in [1.82, 2.24) is 0 Å². The minimum absolute atomic E-state index is 0.0251. The van der Waals surface area contributed by atoms with Gasteiger partial charge < -0.3 is 9.47 Å². The Morgan fingerprint density at radius 1 is 0.917 bits per heavy atom. The lowest BCUT2D eigenvalue weighted by Gasteiger charge is -2.68. The molecule has 10 atom stereocenters. The zero-order valence-corrected chi connectivity index (χ0v) is 24.1. The highest BCUT2D eigenvalue weighted by Gasteiger charge is 2.78. The summed E-state index contributed by atoms with van der Waals surface area (Å²) in [5.74, 6) is 1.42. The molecule has 0 aromatic carbocycles. The molecule has 4 saturated carbocycles. The Labute approximate surface area is 218 Å². The first-order chi connectivity index (χ1) is 16.5. The van der Waals surface area contributed by atoms with Gasteiger partial charge in [0.1, 0.15) is 6.10 Å². The number of carbonyl (C=O) groups excluding carboxylic acids is 2. The standard InChI is InChI=1S/C32H48O4/c1-18(33)35-23-11-13-30(7)19(28(23,4)5)10-12-31(8)20-16-22(34)29(6)15-14-27(2,3)17-21(29)32(20,9)26-24(36-26)25(30)31/h16,19,21,23-26H,10-15,17H2,1-9H3. The minimum Gasteiger partial charge on any atom is -0.462 e. The number of epoxide rings is 1. The second-order valence-corrected chi connectivity index (χ2v) is 16.0. The van der Waals surface area contributed by atoms with E-state index in [4.69, 9.17) is 9.47 Å². The maximum Gasteiger partial charge on any atom is 0.302 e. The molecule has 0 aromatic heterocycles. The topological polar surface area (TPSA) is 55.9 Å². The molecule has 200 valence electrons. The smallest absolute Gasteiger partial charge is 0.302 e. The third-order valence-electron chi connectivity index (χ3n) is 13.2. The van der Waals surface area contributed by atoms with Gasteiger partial charge >= 0.3 is 5.97 Å². The van der Waals surface area contributed by atoms with Crippen molar-refractivity contribution < 1.29 is 19.1 Å². The van der Waals surface area contributed by atoms with E-state index in [0.717, 1.165) is 44.9 Å². The number of hydrogen-bond donors (Lipinski definition) is 0. The maximum absolute atomic E-state index is 13.9. The van der Waals surface area contributed by atoms with Gasteiger partial charge in [0.2, 0.25) is 0 Å². The van der Waals surface area contributed by atoms with Crippen molar-refractivity contribution in [2.24, 2.45) is 50.2 Å². The van der Waals surface area contributed by atoms with E-state index in [1.807, 2.05) is 0 Å². The Balaban J connectivity index is 1.44. The third kappa shape index (κ3) is 2.92. The van der Waals surface area contributed by atoms with E-state index in [1.165, 1.54) is 5.57 Å². The Morgan fingerprint density at radius 3 is 2.28 bits per heavy atom. The second-order valence-electron chi connectivity index (χ2n) is 16.0. The first-order valence-corrected chi connectivity index (χ1v) is 14.6. The molecule has 0 aromatic rings. The van der Waals surface area contributed by atoms with Gasteiger partial charge in [-0.2, -0.15) is 0 Å². The molecule has 1 heterocycles. The Hall–Kier alpha value is -1.16. The van der Waals surface area contributed by atoms with Crippen LogP contribution in [0.1, 0.15) is 107 Å². The van der Waals surface area contributed by atoms with Gasteiger partial charge in [-0.15, -0.1) is 0 Å². The van der Waals surface area contributed by atoms with E-state index in [2.05, 4.69) is 61.5 Å². The average molecular weight is 497 g/mol. The molecule has 6 aliphatic rings. The summed E-state index contributed by atoms with van der Waals surface area (Å²) in [6, 6.07) is 0. The van der Waals surface area contributed by atoms with Crippen molar-refractivity contribution in [3.05, 3.63) is 11.6 Å². The molecule has 1 aliphatic heterocycles. The van der Waals surface area contributed by atoms with E-state index in [1.54, 1.807) is 6.92 Å². The first-order valence-electron chi connectivity index (χ1n) is 14.6. The highest BCUT2D eigenvalue weighted by atomic mass is 16.6. The zero-order chi connectivity index (χ0) is 26.3. The zero-order valence-electron chi connectivity index (χ0n) is 24.1. The highest BCUT2D eigenvalue weighted by Crippen LogP contribution is 2.78. The van der Waals surface area contributed by atoms with Crippen molar-refractivity contribution in [2.75, 3.05) is 0 Å². The predicted molar refractivity (Wildman–Crippen MR) is 140 cm³/mol. The summed E-state index contributed by atoms with van der Waals surface area (Å²) in [5, 5.41) is 0. The summed E-state index contributed by atoms with van der Waals surface area (Å²) in [5.41, 5.74) is 1.35. The van der Waals surface area contributed by atoms with Gasteiger partial charge in [0.25, 0.3) is 0 Å². The van der Waals surface area contributed by atoms with Crippen molar-refractivity contribution in [2.45, 2.75) is 126 Å². The second kappa shape index (κ2) is 7.07. The molecule has 5 aliphatic carbocycles. The lowest BCUT2D eigenvalue weighted by Crippen LogP contribution is -2.66. The molecule has 4 nitrogen and oxygen atoms in total.